The number of hydrogen-bond acceptors (Lipinski definition) is 4. The summed E-state index contributed by atoms with van der Waals surface area (Å²) in [6, 6.07) is 11.2. The van der Waals surface area contributed by atoms with Gasteiger partial charge in [-0.15, -0.1) is 11.3 Å². The molecule has 2 aromatic rings. The fourth-order valence-electron chi connectivity index (χ4n) is 1.60. The van der Waals surface area contributed by atoms with Crippen LogP contribution in [-0.2, 0) is 0 Å². The summed E-state index contributed by atoms with van der Waals surface area (Å²) in [5.41, 5.74) is 7.44. The molecule has 2 rings (SSSR count). The molecule has 18 heavy (non-hydrogen) atoms. The standard InChI is InChI=1S/C13H11N3OS/c1-8-10(7-14)12(15)18-11(8)13(17)16-9-5-3-2-4-6-9/h2-6H,15H2,1H3,(H,16,17). The Morgan fingerprint density at radius 1 is 1.39 bits per heavy atom. The molecule has 0 aliphatic heterocycles. The summed E-state index contributed by atoms with van der Waals surface area (Å²) in [7, 11) is 0. The second-order valence-electron chi connectivity index (χ2n) is 3.73. The van der Waals surface area contributed by atoms with Gasteiger partial charge in [0, 0.05) is 5.69 Å². The van der Waals surface area contributed by atoms with Crippen molar-refractivity contribution >= 4 is 27.9 Å². The van der Waals surface area contributed by atoms with Gasteiger partial charge in [0.2, 0.25) is 0 Å². The highest BCUT2D eigenvalue weighted by Gasteiger charge is 2.18. The van der Waals surface area contributed by atoms with Crippen molar-refractivity contribution in [1.29, 1.82) is 5.26 Å². The van der Waals surface area contributed by atoms with Gasteiger partial charge in [-0.2, -0.15) is 5.26 Å². The summed E-state index contributed by atoms with van der Waals surface area (Å²) in [6.07, 6.45) is 0. The first kappa shape index (κ1) is 12.1. The minimum Gasteiger partial charge on any atom is -0.389 e. The van der Waals surface area contributed by atoms with Crippen molar-refractivity contribution in [2.75, 3.05) is 11.1 Å². The molecule has 0 bridgehead atoms. The summed E-state index contributed by atoms with van der Waals surface area (Å²) in [5.74, 6) is -0.239. The topological polar surface area (TPSA) is 78.9 Å². The first-order valence-corrected chi connectivity index (χ1v) is 6.10. The van der Waals surface area contributed by atoms with E-state index in [2.05, 4.69) is 5.32 Å². The van der Waals surface area contributed by atoms with E-state index in [4.69, 9.17) is 11.0 Å². The molecule has 0 atom stereocenters. The molecule has 5 heteroatoms. The zero-order chi connectivity index (χ0) is 13.1. The Morgan fingerprint density at radius 2 is 2.06 bits per heavy atom. The van der Waals surface area contributed by atoms with Gasteiger partial charge < -0.3 is 11.1 Å². The van der Waals surface area contributed by atoms with Crippen LogP contribution in [-0.4, -0.2) is 5.91 Å². The number of carbonyl (C=O) groups is 1. The summed E-state index contributed by atoms with van der Waals surface area (Å²) < 4.78 is 0. The molecule has 1 aromatic carbocycles. The highest BCUT2D eigenvalue weighted by Crippen LogP contribution is 2.30. The molecule has 1 amide bonds. The van der Waals surface area contributed by atoms with Crippen LogP contribution in [0, 0.1) is 18.3 Å². The number of nitrogens with two attached hydrogens (primary N) is 1. The second-order valence-corrected chi connectivity index (χ2v) is 4.78. The molecular weight excluding hydrogens is 246 g/mol. The van der Waals surface area contributed by atoms with Crippen LogP contribution in [0.2, 0.25) is 0 Å². The number of anilines is 2. The molecule has 90 valence electrons. The number of benzene rings is 1. The zero-order valence-electron chi connectivity index (χ0n) is 9.73. The number of nitrogens with one attached hydrogen (secondary N) is 1. The Bertz CT molecular complexity index is 626. The number of nitriles is 1. The molecule has 0 aliphatic rings. The van der Waals surface area contributed by atoms with E-state index in [0.717, 1.165) is 11.3 Å². The fraction of sp³-hybridized carbons (Fsp3) is 0.0769. The Morgan fingerprint density at radius 3 is 2.61 bits per heavy atom. The van der Waals surface area contributed by atoms with Gasteiger partial charge in [0.1, 0.15) is 11.1 Å². The van der Waals surface area contributed by atoms with Crippen LogP contribution in [0.25, 0.3) is 0 Å². The van der Waals surface area contributed by atoms with E-state index in [1.54, 1.807) is 19.1 Å². The van der Waals surface area contributed by atoms with Crippen LogP contribution in [0.3, 0.4) is 0 Å². The van der Waals surface area contributed by atoms with Crippen molar-refractivity contribution in [2.24, 2.45) is 0 Å². The molecule has 1 heterocycles. The van der Waals surface area contributed by atoms with Gasteiger partial charge in [0.25, 0.3) is 5.91 Å². The molecule has 0 spiro atoms. The minimum absolute atomic E-state index is 0.239. The van der Waals surface area contributed by atoms with Gasteiger partial charge in [-0.05, 0) is 24.6 Å². The lowest BCUT2D eigenvalue weighted by atomic mass is 10.1. The summed E-state index contributed by atoms with van der Waals surface area (Å²) in [6.45, 7) is 1.73. The molecule has 0 saturated carbocycles. The van der Waals surface area contributed by atoms with E-state index < -0.39 is 0 Å². The zero-order valence-corrected chi connectivity index (χ0v) is 10.5. The van der Waals surface area contributed by atoms with Gasteiger partial charge in [-0.3, -0.25) is 4.79 Å². The van der Waals surface area contributed by atoms with Crippen LogP contribution in [0.15, 0.2) is 30.3 Å². The third-order valence-corrected chi connectivity index (χ3v) is 3.64. The largest absolute Gasteiger partial charge is 0.389 e. The van der Waals surface area contributed by atoms with Crippen LogP contribution >= 0.6 is 11.3 Å². The SMILES string of the molecule is Cc1c(C(=O)Nc2ccccc2)sc(N)c1C#N. The Balaban J connectivity index is 2.28. The first-order valence-electron chi connectivity index (χ1n) is 5.29. The first-order chi connectivity index (χ1) is 8.63. The van der Waals surface area contributed by atoms with Gasteiger partial charge in [0.15, 0.2) is 0 Å². The van der Waals surface area contributed by atoms with Crippen molar-refractivity contribution in [2.45, 2.75) is 6.92 Å². The van der Waals surface area contributed by atoms with E-state index in [-0.39, 0.29) is 5.91 Å². The van der Waals surface area contributed by atoms with E-state index in [9.17, 15) is 4.79 Å². The molecule has 0 radical (unpaired) electrons. The highest BCUT2D eigenvalue weighted by atomic mass is 32.1. The van der Waals surface area contributed by atoms with Crippen molar-refractivity contribution in [1.82, 2.24) is 0 Å². The number of hydrogen-bond donors (Lipinski definition) is 2. The second kappa shape index (κ2) is 4.90. The molecule has 3 N–H and O–H groups in total. The Hall–Kier alpha value is -2.32. The van der Waals surface area contributed by atoms with Crippen molar-refractivity contribution in [3.63, 3.8) is 0 Å². The van der Waals surface area contributed by atoms with E-state index in [1.165, 1.54) is 0 Å². The number of nitrogen functional groups attached to an aromatic ring is 1. The van der Waals surface area contributed by atoms with Crippen molar-refractivity contribution < 1.29 is 4.79 Å². The van der Waals surface area contributed by atoms with Crippen LogP contribution in [0.4, 0.5) is 10.7 Å². The summed E-state index contributed by atoms with van der Waals surface area (Å²) >= 11 is 1.14. The predicted molar refractivity (Wildman–Crippen MR) is 72.6 cm³/mol. The van der Waals surface area contributed by atoms with Crippen LogP contribution < -0.4 is 11.1 Å². The third-order valence-electron chi connectivity index (χ3n) is 2.52. The van der Waals surface area contributed by atoms with Crippen LogP contribution in [0.1, 0.15) is 20.8 Å². The van der Waals surface area contributed by atoms with Gasteiger partial charge in [-0.1, -0.05) is 18.2 Å². The lowest BCUT2D eigenvalue weighted by Gasteiger charge is -2.03. The number of para-hydroxylation sites is 1. The average Bonchev–Trinajstić information content (AvgIpc) is 2.65. The number of nitrogens with zero attached hydrogens (tertiary/aromatic N) is 1. The maximum atomic E-state index is 12.1. The maximum absolute atomic E-state index is 12.1. The number of amides is 1. The van der Waals surface area contributed by atoms with E-state index >= 15 is 0 Å². The quantitative estimate of drug-likeness (QED) is 0.868. The Labute approximate surface area is 109 Å². The van der Waals surface area contributed by atoms with Gasteiger partial charge >= 0.3 is 0 Å². The van der Waals surface area contributed by atoms with Crippen molar-refractivity contribution in [3.8, 4) is 6.07 Å². The molecule has 4 nitrogen and oxygen atoms in total. The predicted octanol–water partition coefficient (Wildman–Crippen LogP) is 2.76. The molecule has 0 unspecified atom stereocenters. The molecule has 0 saturated heterocycles. The van der Waals surface area contributed by atoms with E-state index in [1.807, 2.05) is 24.3 Å². The summed E-state index contributed by atoms with van der Waals surface area (Å²) in [5, 5.41) is 12.1. The highest BCUT2D eigenvalue weighted by molar-refractivity contribution is 7.18. The maximum Gasteiger partial charge on any atom is 0.266 e. The van der Waals surface area contributed by atoms with Crippen molar-refractivity contribution in [3.05, 3.63) is 46.3 Å². The van der Waals surface area contributed by atoms with Crippen LogP contribution in [0.5, 0.6) is 0 Å². The lowest BCUT2D eigenvalue weighted by molar-refractivity contribution is 0.103. The molecular formula is C13H11N3OS. The van der Waals surface area contributed by atoms with Gasteiger partial charge in [-0.25, -0.2) is 0 Å². The minimum atomic E-state index is -0.239. The normalized spacial score (nSPS) is 9.78. The number of thiophene rings is 1. The number of rotatable bonds is 2. The molecule has 0 fully saturated rings. The molecule has 1 aromatic heterocycles. The monoisotopic (exact) mass is 257 g/mol. The lowest BCUT2D eigenvalue weighted by Crippen LogP contribution is -2.11. The average molecular weight is 257 g/mol. The summed E-state index contributed by atoms with van der Waals surface area (Å²) in [4.78, 5) is 12.5. The third kappa shape index (κ3) is 2.19. The van der Waals surface area contributed by atoms with Gasteiger partial charge in [0.05, 0.1) is 10.4 Å². The smallest absolute Gasteiger partial charge is 0.266 e. The van der Waals surface area contributed by atoms with E-state index in [0.29, 0.717) is 26.7 Å². The number of carbonyl (C=O) groups excluding carboxylic acids is 1. The fourth-order valence-corrected chi connectivity index (χ4v) is 2.52. The Kier molecular flexibility index (Phi) is 3.31. The molecule has 0 aliphatic carbocycles.